The summed E-state index contributed by atoms with van der Waals surface area (Å²) in [6, 6.07) is 3.27. The minimum absolute atomic E-state index is 0.112. The molecule has 1 atom stereocenters. The van der Waals surface area contributed by atoms with Gasteiger partial charge in [-0.2, -0.15) is 0 Å². The van der Waals surface area contributed by atoms with Gasteiger partial charge in [0.25, 0.3) is 0 Å². The Labute approximate surface area is 92.8 Å². The maximum absolute atomic E-state index is 11.1. The summed E-state index contributed by atoms with van der Waals surface area (Å²) in [5, 5.41) is 9.88. The number of nitrogens with zero attached hydrogens (tertiary/aromatic N) is 1. The van der Waals surface area contributed by atoms with Crippen molar-refractivity contribution in [3.05, 3.63) is 29.0 Å². The highest BCUT2D eigenvalue weighted by Gasteiger charge is 2.16. The highest BCUT2D eigenvalue weighted by molar-refractivity contribution is 6.30. The fraction of sp³-hybridized carbons (Fsp3) is 0.400. The molecule has 0 aromatic carbocycles. The second kappa shape index (κ2) is 5.68. The second-order valence-electron chi connectivity index (χ2n) is 2.91. The highest BCUT2D eigenvalue weighted by Crippen LogP contribution is 2.22. The molecule has 4 nitrogen and oxygen atoms in total. The zero-order valence-corrected chi connectivity index (χ0v) is 9.07. The third-order valence-corrected chi connectivity index (χ3v) is 2.13. The van der Waals surface area contributed by atoms with Gasteiger partial charge in [-0.25, -0.2) is 4.98 Å². The number of hydrogen-bond donors (Lipinski definition) is 1. The number of ether oxygens (including phenoxy) is 1. The Morgan fingerprint density at radius 1 is 1.73 bits per heavy atom. The molecule has 1 rings (SSSR count). The number of rotatable bonds is 4. The molecule has 1 heterocycles. The Hall–Kier alpha value is -1.13. The zero-order chi connectivity index (χ0) is 11.3. The Kier molecular flexibility index (Phi) is 4.52. The molecule has 1 aromatic heterocycles. The van der Waals surface area contributed by atoms with Crippen molar-refractivity contribution in [2.24, 2.45) is 0 Å². The van der Waals surface area contributed by atoms with Crippen LogP contribution in [-0.2, 0) is 9.53 Å². The molecule has 0 aliphatic rings. The molecule has 0 amide bonds. The van der Waals surface area contributed by atoms with E-state index in [9.17, 15) is 9.90 Å². The minimum atomic E-state index is -0.967. The van der Waals surface area contributed by atoms with Crippen molar-refractivity contribution in [1.82, 2.24) is 4.98 Å². The van der Waals surface area contributed by atoms with Gasteiger partial charge in [0.05, 0.1) is 19.1 Å². The van der Waals surface area contributed by atoms with E-state index in [4.69, 9.17) is 16.3 Å². The Bertz CT molecular complexity index is 343. The van der Waals surface area contributed by atoms with Gasteiger partial charge in [-0.3, -0.25) is 4.79 Å². The molecule has 0 bridgehead atoms. The van der Waals surface area contributed by atoms with E-state index in [0.717, 1.165) is 0 Å². The normalized spacial score (nSPS) is 12.2. The SMILES string of the molecule is CCOC(=O)C[C@H](O)c1cccnc1Cl. The van der Waals surface area contributed by atoms with Crippen LogP contribution >= 0.6 is 11.6 Å². The van der Waals surface area contributed by atoms with Gasteiger partial charge in [0.1, 0.15) is 5.15 Å². The second-order valence-corrected chi connectivity index (χ2v) is 3.27. The lowest BCUT2D eigenvalue weighted by Gasteiger charge is -2.10. The fourth-order valence-electron chi connectivity index (χ4n) is 1.13. The standard InChI is InChI=1S/C10H12ClNO3/c1-2-15-9(14)6-8(13)7-4-3-5-12-10(7)11/h3-5,8,13H,2,6H2,1H3/t8-/m0/s1. The van der Waals surface area contributed by atoms with Gasteiger partial charge in [-0.15, -0.1) is 0 Å². The molecular weight excluding hydrogens is 218 g/mol. The minimum Gasteiger partial charge on any atom is -0.466 e. The van der Waals surface area contributed by atoms with Gasteiger partial charge in [0.15, 0.2) is 0 Å². The van der Waals surface area contributed by atoms with Crippen molar-refractivity contribution in [2.75, 3.05) is 6.61 Å². The number of aliphatic hydroxyl groups excluding tert-OH is 1. The van der Waals surface area contributed by atoms with E-state index in [0.29, 0.717) is 12.2 Å². The maximum atomic E-state index is 11.1. The molecule has 15 heavy (non-hydrogen) atoms. The summed E-state index contributed by atoms with van der Waals surface area (Å²) in [5.41, 5.74) is 0.437. The summed E-state index contributed by atoms with van der Waals surface area (Å²) in [6.45, 7) is 2.01. The summed E-state index contributed by atoms with van der Waals surface area (Å²) in [5.74, 6) is -0.454. The number of carbonyl (C=O) groups is 1. The Morgan fingerprint density at radius 3 is 3.07 bits per heavy atom. The highest BCUT2D eigenvalue weighted by atomic mass is 35.5. The third kappa shape index (κ3) is 3.49. The van der Waals surface area contributed by atoms with Crippen LogP contribution in [0.15, 0.2) is 18.3 Å². The van der Waals surface area contributed by atoms with Gasteiger partial charge in [0, 0.05) is 11.8 Å². The molecule has 0 spiro atoms. The van der Waals surface area contributed by atoms with Crippen LogP contribution in [0.2, 0.25) is 5.15 Å². The predicted octanol–water partition coefficient (Wildman–Crippen LogP) is 1.72. The van der Waals surface area contributed by atoms with E-state index in [1.165, 1.54) is 6.20 Å². The summed E-state index contributed by atoms with van der Waals surface area (Å²) in [6.07, 6.45) is 0.438. The number of halogens is 1. The largest absolute Gasteiger partial charge is 0.466 e. The average Bonchev–Trinajstić information content (AvgIpc) is 2.18. The fourth-order valence-corrected chi connectivity index (χ4v) is 1.38. The molecule has 0 radical (unpaired) electrons. The van der Waals surface area contributed by atoms with Crippen molar-refractivity contribution in [1.29, 1.82) is 0 Å². The lowest BCUT2D eigenvalue weighted by atomic mass is 10.1. The first-order valence-corrected chi connectivity index (χ1v) is 4.97. The van der Waals surface area contributed by atoms with E-state index < -0.39 is 12.1 Å². The summed E-state index contributed by atoms with van der Waals surface area (Å²) in [7, 11) is 0. The van der Waals surface area contributed by atoms with Gasteiger partial charge >= 0.3 is 5.97 Å². The van der Waals surface area contributed by atoms with E-state index in [-0.39, 0.29) is 11.6 Å². The first-order chi connectivity index (χ1) is 7.15. The molecule has 0 saturated heterocycles. The van der Waals surface area contributed by atoms with Gasteiger partial charge < -0.3 is 9.84 Å². The van der Waals surface area contributed by atoms with Crippen molar-refractivity contribution in [3.63, 3.8) is 0 Å². The molecule has 5 heteroatoms. The first-order valence-electron chi connectivity index (χ1n) is 4.59. The maximum Gasteiger partial charge on any atom is 0.308 e. The van der Waals surface area contributed by atoms with Crippen LogP contribution in [0.4, 0.5) is 0 Å². The summed E-state index contributed by atoms with van der Waals surface area (Å²) in [4.78, 5) is 14.9. The van der Waals surface area contributed by atoms with Crippen LogP contribution in [0.3, 0.4) is 0 Å². The van der Waals surface area contributed by atoms with E-state index in [2.05, 4.69) is 4.98 Å². The number of carbonyl (C=O) groups excluding carboxylic acids is 1. The number of aromatic nitrogens is 1. The van der Waals surface area contributed by atoms with Crippen LogP contribution in [0.5, 0.6) is 0 Å². The molecular formula is C10H12ClNO3. The number of hydrogen-bond acceptors (Lipinski definition) is 4. The molecule has 1 N–H and O–H groups in total. The van der Waals surface area contributed by atoms with Crippen LogP contribution in [-0.4, -0.2) is 22.7 Å². The molecule has 1 aromatic rings. The smallest absolute Gasteiger partial charge is 0.308 e. The monoisotopic (exact) mass is 229 g/mol. The van der Waals surface area contributed by atoms with E-state index >= 15 is 0 Å². The molecule has 82 valence electrons. The van der Waals surface area contributed by atoms with Crippen molar-refractivity contribution in [2.45, 2.75) is 19.4 Å². The molecule has 0 aliphatic heterocycles. The number of aliphatic hydroxyl groups is 1. The number of pyridine rings is 1. The molecule has 0 unspecified atom stereocenters. The van der Waals surface area contributed by atoms with Crippen LogP contribution in [0.1, 0.15) is 25.0 Å². The predicted molar refractivity (Wildman–Crippen MR) is 55.5 cm³/mol. The Morgan fingerprint density at radius 2 is 2.47 bits per heavy atom. The van der Waals surface area contributed by atoms with Crippen molar-refractivity contribution >= 4 is 17.6 Å². The average molecular weight is 230 g/mol. The quantitative estimate of drug-likeness (QED) is 0.631. The third-order valence-electron chi connectivity index (χ3n) is 1.81. The van der Waals surface area contributed by atoms with Gasteiger partial charge in [0.2, 0.25) is 0 Å². The van der Waals surface area contributed by atoms with E-state index in [1.807, 2.05) is 0 Å². The van der Waals surface area contributed by atoms with E-state index in [1.54, 1.807) is 19.1 Å². The van der Waals surface area contributed by atoms with Crippen LogP contribution in [0, 0.1) is 0 Å². The molecule has 0 fully saturated rings. The molecule has 0 saturated carbocycles. The summed E-state index contributed by atoms with van der Waals surface area (Å²) < 4.78 is 4.71. The van der Waals surface area contributed by atoms with Crippen LogP contribution < -0.4 is 0 Å². The zero-order valence-electron chi connectivity index (χ0n) is 8.31. The lowest BCUT2D eigenvalue weighted by molar-refractivity contribution is -0.145. The Balaban J connectivity index is 2.65. The topological polar surface area (TPSA) is 59.4 Å². The van der Waals surface area contributed by atoms with Gasteiger partial charge in [-0.05, 0) is 13.0 Å². The van der Waals surface area contributed by atoms with Crippen molar-refractivity contribution in [3.8, 4) is 0 Å². The van der Waals surface area contributed by atoms with Crippen molar-refractivity contribution < 1.29 is 14.6 Å². The first kappa shape index (κ1) is 11.9. The van der Waals surface area contributed by atoms with Gasteiger partial charge in [-0.1, -0.05) is 17.7 Å². The lowest BCUT2D eigenvalue weighted by Crippen LogP contribution is -2.10. The summed E-state index contributed by atoms with van der Waals surface area (Å²) >= 11 is 5.76. The number of esters is 1. The molecule has 0 aliphatic carbocycles. The van der Waals surface area contributed by atoms with Crippen LogP contribution in [0.25, 0.3) is 0 Å².